The fraction of sp³-hybridized carbons (Fsp3) is 0.136. The molecule has 1 N–H and O–H groups in total. The summed E-state index contributed by atoms with van der Waals surface area (Å²) in [7, 11) is 0. The van der Waals surface area contributed by atoms with Gasteiger partial charge in [-0.25, -0.2) is 4.79 Å². The van der Waals surface area contributed by atoms with Gasteiger partial charge < -0.3 is 10.1 Å². The fourth-order valence-corrected chi connectivity index (χ4v) is 2.57. The van der Waals surface area contributed by atoms with E-state index in [1.807, 2.05) is 61.7 Å². The lowest BCUT2D eigenvalue weighted by Gasteiger charge is -2.07. The maximum atomic E-state index is 11.9. The summed E-state index contributed by atoms with van der Waals surface area (Å²) in [5.41, 5.74) is 3.55. The van der Waals surface area contributed by atoms with Gasteiger partial charge >= 0.3 is 5.97 Å². The van der Waals surface area contributed by atoms with Gasteiger partial charge in [0.05, 0.1) is 12.7 Å². The summed E-state index contributed by atoms with van der Waals surface area (Å²) < 4.78 is 6.76. The molecule has 6 heteroatoms. The molecule has 3 rings (SSSR count). The molecule has 2 aromatic carbocycles. The Morgan fingerprint density at radius 1 is 1.11 bits per heavy atom. The fourth-order valence-electron chi connectivity index (χ4n) is 2.57. The van der Waals surface area contributed by atoms with E-state index in [0.717, 1.165) is 16.7 Å². The number of aryl methyl sites for hydroxylation is 1. The molecule has 28 heavy (non-hydrogen) atoms. The van der Waals surface area contributed by atoms with Crippen LogP contribution < -0.4 is 5.32 Å². The number of benzene rings is 2. The average Bonchev–Trinajstić information content (AvgIpc) is 3.15. The molecule has 0 spiro atoms. The van der Waals surface area contributed by atoms with Crippen LogP contribution in [0.2, 0.25) is 0 Å². The number of ether oxygens (including phenoxy) is 1. The Balaban J connectivity index is 1.46. The molecule has 0 aliphatic rings. The zero-order valence-electron chi connectivity index (χ0n) is 15.5. The molecule has 0 bridgehead atoms. The van der Waals surface area contributed by atoms with Gasteiger partial charge in [0, 0.05) is 23.5 Å². The normalized spacial score (nSPS) is 10.8. The third kappa shape index (κ3) is 5.67. The van der Waals surface area contributed by atoms with Crippen LogP contribution in [-0.2, 0) is 20.9 Å². The second-order valence-corrected chi connectivity index (χ2v) is 6.26. The Bertz CT molecular complexity index is 977. The van der Waals surface area contributed by atoms with Crippen LogP contribution in [0.3, 0.4) is 0 Å². The van der Waals surface area contributed by atoms with Gasteiger partial charge in [0.15, 0.2) is 6.61 Å². The number of aromatic nitrogens is 2. The van der Waals surface area contributed by atoms with Crippen LogP contribution in [0.25, 0.3) is 6.08 Å². The quantitative estimate of drug-likeness (QED) is 0.507. The van der Waals surface area contributed by atoms with Crippen molar-refractivity contribution in [1.29, 1.82) is 0 Å². The number of anilines is 1. The Hall–Kier alpha value is -3.67. The molecule has 1 heterocycles. The van der Waals surface area contributed by atoms with Gasteiger partial charge in [-0.2, -0.15) is 5.10 Å². The summed E-state index contributed by atoms with van der Waals surface area (Å²) in [6, 6.07) is 17.4. The maximum Gasteiger partial charge on any atom is 0.331 e. The van der Waals surface area contributed by atoms with E-state index in [1.54, 1.807) is 23.0 Å². The van der Waals surface area contributed by atoms with Gasteiger partial charge in [-0.3, -0.25) is 9.48 Å². The molecule has 0 saturated carbocycles. The second-order valence-electron chi connectivity index (χ2n) is 6.26. The lowest BCUT2D eigenvalue weighted by molar-refractivity contribution is -0.142. The van der Waals surface area contributed by atoms with Gasteiger partial charge in [-0.1, -0.05) is 48.5 Å². The highest BCUT2D eigenvalue weighted by Gasteiger charge is 2.07. The number of para-hydroxylation sites is 1. The van der Waals surface area contributed by atoms with E-state index in [9.17, 15) is 9.59 Å². The van der Waals surface area contributed by atoms with E-state index < -0.39 is 5.97 Å². The minimum absolute atomic E-state index is 0.342. The summed E-state index contributed by atoms with van der Waals surface area (Å²) >= 11 is 0. The van der Waals surface area contributed by atoms with Crippen molar-refractivity contribution < 1.29 is 14.3 Å². The van der Waals surface area contributed by atoms with Crippen LogP contribution >= 0.6 is 0 Å². The molecule has 1 aromatic heterocycles. The summed E-state index contributed by atoms with van der Waals surface area (Å²) in [4.78, 5) is 23.7. The highest BCUT2D eigenvalue weighted by atomic mass is 16.5. The molecule has 0 saturated heterocycles. The SMILES string of the molecule is Cc1ccccc1NC(=O)COC(=O)/C=C/c1cnn(Cc2ccccc2)c1. The minimum atomic E-state index is -0.587. The number of rotatable bonds is 7. The molecule has 0 radical (unpaired) electrons. The van der Waals surface area contributed by atoms with E-state index in [4.69, 9.17) is 4.74 Å². The molecule has 0 aliphatic heterocycles. The van der Waals surface area contributed by atoms with Gasteiger partial charge in [-0.05, 0) is 30.2 Å². The van der Waals surface area contributed by atoms with Crippen LogP contribution in [0.5, 0.6) is 0 Å². The number of hydrogen-bond acceptors (Lipinski definition) is 4. The number of nitrogens with zero attached hydrogens (tertiary/aromatic N) is 2. The number of amides is 1. The molecule has 0 unspecified atom stereocenters. The third-order valence-electron chi connectivity index (χ3n) is 4.02. The Kier molecular flexibility index (Phi) is 6.36. The molecule has 0 atom stereocenters. The Morgan fingerprint density at radius 2 is 1.86 bits per heavy atom. The summed E-state index contributed by atoms with van der Waals surface area (Å²) in [6.07, 6.45) is 6.39. The topological polar surface area (TPSA) is 73.2 Å². The smallest absolute Gasteiger partial charge is 0.331 e. The largest absolute Gasteiger partial charge is 0.452 e. The first-order chi connectivity index (χ1) is 13.6. The lowest BCUT2D eigenvalue weighted by Crippen LogP contribution is -2.20. The van der Waals surface area contributed by atoms with Crippen LogP contribution in [-0.4, -0.2) is 28.3 Å². The van der Waals surface area contributed by atoms with Gasteiger partial charge in [0.2, 0.25) is 0 Å². The third-order valence-corrected chi connectivity index (χ3v) is 4.02. The maximum absolute atomic E-state index is 11.9. The van der Waals surface area contributed by atoms with Gasteiger partial charge in [0.25, 0.3) is 5.91 Å². The van der Waals surface area contributed by atoms with Crippen LogP contribution in [0.1, 0.15) is 16.7 Å². The van der Waals surface area contributed by atoms with E-state index in [1.165, 1.54) is 6.08 Å². The second kappa shape index (κ2) is 9.32. The highest BCUT2D eigenvalue weighted by Crippen LogP contribution is 2.12. The molecular formula is C22H21N3O3. The molecule has 3 aromatic rings. The average molecular weight is 375 g/mol. The molecule has 1 amide bonds. The van der Waals surface area contributed by atoms with Crippen molar-refractivity contribution in [3.63, 3.8) is 0 Å². The highest BCUT2D eigenvalue weighted by molar-refractivity contribution is 5.95. The number of carbonyl (C=O) groups is 2. The van der Waals surface area contributed by atoms with E-state index in [0.29, 0.717) is 12.2 Å². The molecule has 142 valence electrons. The lowest BCUT2D eigenvalue weighted by atomic mass is 10.2. The first-order valence-electron chi connectivity index (χ1n) is 8.87. The predicted octanol–water partition coefficient (Wildman–Crippen LogP) is 3.43. The predicted molar refractivity (Wildman–Crippen MR) is 108 cm³/mol. The van der Waals surface area contributed by atoms with Crippen molar-refractivity contribution in [3.8, 4) is 0 Å². The first kappa shape index (κ1) is 19.1. The Labute approximate surface area is 163 Å². The molecule has 0 fully saturated rings. The van der Waals surface area contributed by atoms with Crippen molar-refractivity contribution in [3.05, 3.63) is 89.8 Å². The van der Waals surface area contributed by atoms with Crippen LogP contribution in [0.15, 0.2) is 73.1 Å². The molecule has 6 nitrogen and oxygen atoms in total. The monoisotopic (exact) mass is 375 g/mol. The van der Waals surface area contributed by atoms with Gasteiger partial charge in [0.1, 0.15) is 0 Å². The standard InChI is InChI=1S/C22H21N3O3/c1-17-7-5-6-10-20(17)24-21(26)16-28-22(27)12-11-19-13-23-25(15-19)14-18-8-3-2-4-9-18/h2-13,15H,14,16H2,1H3,(H,24,26)/b12-11+. The van der Waals surface area contributed by atoms with E-state index in [-0.39, 0.29) is 12.5 Å². The number of nitrogens with one attached hydrogen (secondary N) is 1. The van der Waals surface area contributed by atoms with Crippen molar-refractivity contribution in [2.24, 2.45) is 0 Å². The zero-order chi connectivity index (χ0) is 19.8. The van der Waals surface area contributed by atoms with Crippen LogP contribution in [0, 0.1) is 6.92 Å². The van der Waals surface area contributed by atoms with Crippen molar-refractivity contribution in [2.75, 3.05) is 11.9 Å². The van der Waals surface area contributed by atoms with Crippen LogP contribution in [0.4, 0.5) is 5.69 Å². The summed E-state index contributed by atoms with van der Waals surface area (Å²) in [5, 5.41) is 6.98. The van der Waals surface area contributed by atoms with Crippen molar-refractivity contribution in [1.82, 2.24) is 9.78 Å². The molecular weight excluding hydrogens is 354 g/mol. The van der Waals surface area contributed by atoms with Crippen molar-refractivity contribution >= 4 is 23.6 Å². The molecule has 0 aliphatic carbocycles. The van der Waals surface area contributed by atoms with Crippen molar-refractivity contribution in [2.45, 2.75) is 13.5 Å². The minimum Gasteiger partial charge on any atom is -0.452 e. The summed E-state index contributed by atoms with van der Waals surface area (Å²) in [6.45, 7) is 2.20. The number of esters is 1. The number of carbonyl (C=O) groups excluding carboxylic acids is 2. The summed E-state index contributed by atoms with van der Waals surface area (Å²) in [5.74, 6) is -0.970. The Morgan fingerprint density at radius 3 is 2.64 bits per heavy atom. The van der Waals surface area contributed by atoms with Gasteiger partial charge in [-0.15, -0.1) is 0 Å². The van der Waals surface area contributed by atoms with E-state index in [2.05, 4.69) is 10.4 Å². The zero-order valence-corrected chi connectivity index (χ0v) is 15.5. The first-order valence-corrected chi connectivity index (χ1v) is 8.87. The number of hydrogen-bond donors (Lipinski definition) is 1. The van der Waals surface area contributed by atoms with E-state index >= 15 is 0 Å².